The SMILES string of the molecule is C[C@@H](N[S+]([O-])C(C)(C)C)c1nc(N2CCCCC2)ns1. The van der Waals surface area contributed by atoms with Crippen molar-refractivity contribution >= 4 is 28.8 Å². The minimum atomic E-state index is -1.09. The zero-order valence-corrected chi connectivity index (χ0v) is 14.3. The van der Waals surface area contributed by atoms with E-state index in [0.717, 1.165) is 24.0 Å². The van der Waals surface area contributed by atoms with Gasteiger partial charge in [0, 0.05) is 24.5 Å². The van der Waals surface area contributed by atoms with Crippen LogP contribution in [-0.4, -0.2) is 31.7 Å². The predicted octanol–water partition coefficient (Wildman–Crippen LogP) is 2.64. The molecule has 20 heavy (non-hydrogen) atoms. The van der Waals surface area contributed by atoms with E-state index in [4.69, 9.17) is 0 Å². The minimum absolute atomic E-state index is 0.0360. The molecule has 0 amide bonds. The minimum Gasteiger partial charge on any atom is -0.598 e. The molecule has 0 bridgehead atoms. The van der Waals surface area contributed by atoms with Crippen molar-refractivity contribution < 1.29 is 4.55 Å². The van der Waals surface area contributed by atoms with E-state index in [-0.39, 0.29) is 10.8 Å². The summed E-state index contributed by atoms with van der Waals surface area (Å²) < 4.78 is 19.4. The number of aromatic nitrogens is 2. The van der Waals surface area contributed by atoms with E-state index in [9.17, 15) is 4.55 Å². The monoisotopic (exact) mass is 316 g/mol. The van der Waals surface area contributed by atoms with Gasteiger partial charge in [-0.05, 0) is 58.5 Å². The molecule has 2 heterocycles. The fraction of sp³-hybridized carbons (Fsp3) is 0.846. The van der Waals surface area contributed by atoms with Crippen molar-refractivity contribution in [2.45, 2.75) is 57.7 Å². The summed E-state index contributed by atoms with van der Waals surface area (Å²) in [5, 5.41) is 0.906. The molecule has 2 rings (SSSR count). The summed E-state index contributed by atoms with van der Waals surface area (Å²) in [6.45, 7) is 9.97. The molecule has 7 heteroatoms. The molecule has 5 nitrogen and oxygen atoms in total. The lowest BCUT2D eigenvalue weighted by molar-refractivity contribution is 0.530. The number of nitrogens with one attached hydrogen (secondary N) is 1. The highest BCUT2D eigenvalue weighted by atomic mass is 32.2. The van der Waals surface area contributed by atoms with Crippen LogP contribution >= 0.6 is 11.5 Å². The van der Waals surface area contributed by atoms with Gasteiger partial charge >= 0.3 is 0 Å². The molecule has 0 aromatic carbocycles. The second kappa shape index (κ2) is 6.60. The van der Waals surface area contributed by atoms with Gasteiger partial charge in [-0.3, -0.25) is 0 Å². The van der Waals surface area contributed by atoms with Crippen LogP contribution in [-0.2, 0) is 11.4 Å². The Morgan fingerprint density at radius 2 is 1.95 bits per heavy atom. The number of hydrogen-bond acceptors (Lipinski definition) is 6. The first-order chi connectivity index (χ1) is 9.38. The van der Waals surface area contributed by atoms with E-state index in [1.807, 2.05) is 27.7 Å². The highest BCUT2D eigenvalue weighted by molar-refractivity contribution is 7.90. The topological polar surface area (TPSA) is 64.1 Å². The van der Waals surface area contributed by atoms with E-state index >= 15 is 0 Å². The first kappa shape index (κ1) is 16.0. The molecule has 0 spiro atoms. The van der Waals surface area contributed by atoms with E-state index in [2.05, 4.69) is 19.0 Å². The molecule has 1 saturated heterocycles. The van der Waals surface area contributed by atoms with Crippen molar-refractivity contribution in [3.8, 4) is 0 Å². The Bertz CT molecular complexity index is 426. The van der Waals surface area contributed by atoms with E-state index in [0.29, 0.717) is 0 Å². The smallest absolute Gasteiger partial charge is 0.237 e. The number of hydrogen-bond donors (Lipinski definition) is 1. The summed E-state index contributed by atoms with van der Waals surface area (Å²) in [7, 11) is 0. The normalized spacial score (nSPS) is 19.9. The highest BCUT2D eigenvalue weighted by Gasteiger charge is 2.29. The van der Waals surface area contributed by atoms with Gasteiger partial charge in [0.1, 0.15) is 15.8 Å². The van der Waals surface area contributed by atoms with Gasteiger partial charge in [-0.25, -0.2) is 4.98 Å². The maximum absolute atomic E-state index is 12.1. The molecule has 0 aliphatic carbocycles. The van der Waals surface area contributed by atoms with Crippen molar-refractivity contribution in [3.05, 3.63) is 5.01 Å². The summed E-state index contributed by atoms with van der Waals surface area (Å²) in [6, 6.07) is -0.0360. The molecule has 1 N–H and O–H groups in total. The van der Waals surface area contributed by atoms with Gasteiger partial charge < -0.3 is 9.45 Å². The van der Waals surface area contributed by atoms with Crippen LogP contribution in [0.1, 0.15) is 58.0 Å². The summed E-state index contributed by atoms with van der Waals surface area (Å²) in [4.78, 5) is 6.85. The van der Waals surface area contributed by atoms with Gasteiger partial charge in [0.2, 0.25) is 5.95 Å². The first-order valence-corrected chi connectivity index (χ1v) is 9.07. The summed E-state index contributed by atoms with van der Waals surface area (Å²) in [6.07, 6.45) is 3.74. The fourth-order valence-electron chi connectivity index (χ4n) is 2.01. The second-order valence-electron chi connectivity index (χ2n) is 6.20. The average Bonchev–Trinajstić information content (AvgIpc) is 2.88. The van der Waals surface area contributed by atoms with Crippen molar-refractivity contribution in [2.24, 2.45) is 0 Å². The highest BCUT2D eigenvalue weighted by Crippen LogP contribution is 2.24. The van der Waals surface area contributed by atoms with Gasteiger partial charge in [-0.2, -0.15) is 4.37 Å². The van der Waals surface area contributed by atoms with Gasteiger partial charge in [0.05, 0.1) is 0 Å². The second-order valence-corrected chi connectivity index (χ2v) is 8.98. The number of piperidine rings is 1. The molecule has 1 aliphatic rings. The zero-order valence-electron chi connectivity index (χ0n) is 12.7. The van der Waals surface area contributed by atoms with Crippen molar-refractivity contribution in [2.75, 3.05) is 18.0 Å². The third kappa shape index (κ3) is 4.07. The van der Waals surface area contributed by atoms with Crippen LogP contribution in [0.2, 0.25) is 0 Å². The number of anilines is 1. The fourth-order valence-corrected chi connectivity index (χ4v) is 3.54. The zero-order chi connectivity index (χ0) is 14.8. The van der Waals surface area contributed by atoms with Gasteiger partial charge in [0.25, 0.3) is 0 Å². The van der Waals surface area contributed by atoms with Crippen LogP contribution in [0.3, 0.4) is 0 Å². The third-order valence-electron chi connectivity index (χ3n) is 3.28. The van der Waals surface area contributed by atoms with Crippen LogP contribution in [0, 0.1) is 0 Å². The standard InChI is InChI=1S/C13H24N4OS2/c1-10(16-20(18)13(2,3)4)11-14-12(15-19-11)17-8-6-5-7-9-17/h10,16H,5-9H2,1-4H3/t10-,20?/m1/s1. The molecule has 2 atom stereocenters. The van der Waals surface area contributed by atoms with E-state index < -0.39 is 11.4 Å². The Kier molecular flexibility index (Phi) is 5.28. The Morgan fingerprint density at radius 1 is 1.30 bits per heavy atom. The van der Waals surface area contributed by atoms with E-state index in [1.165, 1.54) is 30.8 Å². The first-order valence-electron chi connectivity index (χ1n) is 7.14. The lowest BCUT2D eigenvalue weighted by Crippen LogP contribution is -2.40. The molecule has 0 saturated carbocycles. The summed E-state index contributed by atoms with van der Waals surface area (Å²) >= 11 is 0.316. The quantitative estimate of drug-likeness (QED) is 0.865. The van der Waals surface area contributed by atoms with Gasteiger partial charge in [-0.1, -0.05) is 0 Å². The van der Waals surface area contributed by atoms with E-state index in [1.54, 1.807) is 0 Å². The van der Waals surface area contributed by atoms with Crippen LogP contribution in [0.4, 0.5) is 5.95 Å². The average molecular weight is 316 g/mol. The number of nitrogens with zero attached hydrogens (tertiary/aromatic N) is 3. The van der Waals surface area contributed by atoms with Crippen molar-refractivity contribution in [1.82, 2.24) is 14.1 Å². The molecule has 1 fully saturated rings. The van der Waals surface area contributed by atoms with Crippen molar-refractivity contribution in [1.29, 1.82) is 0 Å². The van der Waals surface area contributed by atoms with Crippen molar-refractivity contribution in [3.63, 3.8) is 0 Å². The molecule has 1 aromatic heterocycles. The molecular formula is C13H24N4OS2. The van der Waals surface area contributed by atoms with Crippen LogP contribution in [0.5, 0.6) is 0 Å². The summed E-state index contributed by atoms with van der Waals surface area (Å²) in [5.41, 5.74) is 0. The molecule has 0 radical (unpaired) electrons. The van der Waals surface area contributed by atoms with Gasteiger partial charge in [-0.15, -0.1) is 4.72 Å². The van der Waals surface area contributed by atoms with Crippen LogP contribution in [0.15, 0.2) is 0 Å². The molecule has 1 aromatic rings. The molecule has 1 aliphatic heterocycles. The number of rotatable bonds is 4. The molecule has 114 valence electrons. The maximum atomic E-state index is 12.1. The third-order valence-corrected chi connectivity index (χ3v) is 5.85. The Balaban J connectivity index is 1.97. The largest absolute Gasteiger partial charge is 0.598 e. The maximum Gasteiger partial charge on any atom is 0.237 e. The van der Waals surface area contributed by atoms with Gasteiger partial charge in [0.15, 0.2) is 0 Å². The summed E-state index contributed by atoms with van der Waals surface area (Å²) in [5.74, 6) is 0.833. The van der Waals surface area contributed by atoms with Crippen LogP contribution < -0.4 is 9.62 Å². The van der Waals surface area contributed by atoms with Crippen LogP contribution in [0.25, 0.3) is 0 Å². The Labute approximate surface area is 128 Å². The lowest BCUT2D eigenvalue weighted by Gasteiger charge is -2.26. The molecular weight excluding hydrogens is 292 g/mol. The predicted molar refractivity (Wildman–Crippen MR) is 85.4 cm³/mol. The molecule has 1 unspecified atom stereocenters. The lowest BCUT2D eigenvalue weighted by atomic mass is 10.1. The Hall–Kier alpha value is -0.370. The Morgan fingerprint density at radius 3 is 2.55 bits per heavy atom.